The van der Waals surface area contributed by atoms with Crippen LogP contribution in [0.15, 0.2) is 34.5 Å². The maximum absolute atomic E-state index is 13.9. The highest BCUT2D eigenvalue weighted by Gasteiger charge is 2.23. The second kappa shape index (κ2) is 7.16. The smallest absolute Gasteiger partial charge is 0.265 e. The molecule has 1 aromatic carbocycles. The minimum Gasteiger partial charge on any atom is -0.481 e. The molecule has 128 valence electrons. The van der Waals surface area contributed by atoms with Gasteiger partial charge >= 0.3 is 0 Å². The van der Waals surface area contributed by atoms with E-state index in [1.165, 1.54) is 24.5 Å². The van der Waals surface area contributed by atoms with Gasteiger partial charge in [-0.2, -0.15) is 0 Å². The topological polar surface area (TPSA) is 41.9 Å². The second-order valence-electron chi connectivity index (χ2n) is 6.41. The maximum atomic E-state index is 13.9. The summed E-state index contributed by atoms with van der Waals surface area (Å²) in [5.41, 5.74) is 3.11. The number of ether oxygens (including phenoxy) is 1. The van der Waals surface area contributed by atoms with E-state index in [0.29, 0.717) is 5.56 Å². The molecular formula is C19H23FN2O2. The highest BCUT2D eigenvalue weighted by molar-refractivity contribution is 5.99. The number of carbonyl (C=O) groups excluding carboxylic acids is 1. The summed E-state index contributed by atoms with van der Waals surface area (Å²) in [6.45, 7) is 1.48. The first-order valence-corrected chi connectivity index (χ1v) is 8.49. The molecule has 24 heavy (non-hydrogen) atoms. The van der Waals surface area contributed by atoms with Crippen LogP contribution in [0.2, 0.25) is 0 Å². The molecule has 0 N–H and O–H groups in total. The van der Waals surface area contributed by atoms with Crippen molar-refractivity contribution in [1.82, 2.24) is 4.90 Å². The number of amidine groups is 1. The van der Waals surface area contributed by atoms with Crippen LogP contribution in [0.25, 0.3) is 0 Å². The Hall–Kier alpha value is -2.17. The van der Waals surface area contributed by atoms with Crippen molar-refractivity contribution < 1.29 is 13.9 Å². The van der Waals surface area contributed by atoms with E-state index in [4.69, 9.17) is 4.74 Å². The first-order chi connectivity index (χ1) is 11.6. The molecule has 0 fully saturated rings. The van der Waals surface area contributed by atoms with Crippen LogP contribution in [0, 0.1) is 12.7 Å². The molecular weight excluding hydrogens is 307 g/mol. The number of likely N-dealkylation sites (N-methyl/N-ethyl adjacent to an activating group) is 1. The van der Waals surface area contributed by atoms with E-state index in [9.17, 15) is 9.18 Å². The third-order valence-corrected chi connectivity index (χ3v) is 4.73. The van der Waals surface area contributed by atoms with Crippen molar-refractivity contribution in [3.05, 3.63) is 40.8 Å². The van der Waals surface area contributed by atoms with Crippen LogP contribution in [-0.2, 0) is 4.79 Å². The number of aliphatic imine (C=N–C) groups is 1. The summed E-state index contributed by atoms with van der Waals surface area (Å²) >= 11 is 0. The second-order valence-corrected chi connectivity index (χ2v) is 6.41. The van der Waals surface area contributed by atoms with Crippen LogP contribution >= 0.6 is 0 Å². The molecule has 1 aliphatic heterocycles. The van der Waals surface area contributed by atoms with E-state index in [2.05, 4.69) is 4.99 Å². The van der Waals surface area contributed by atoms with E-state index < -0.39 is 5.82 Å². The van der Waals surface area contributed by atoms with Crippen molar-refractivity contribution in [3.63, 3.8) is 0 Å². The van der Waals surface area contributed by atoms with Crippen LogP contribution < -0.4 is 4.74 Å². The van der Waals surface area contributed by atoms with Gasteiger partial charge in [-0.3, -0.25) is 4.79 Å². The van der Waals surface area contributed by atoms with Gasteiger partial charge in [0.1, 0.15) is 5.84 Å². The van der Waals surface area contributed by atoms with E-state index in [1.54, 1.807) is 31.0 Å². The first-order valence-electron chi connectivity index (χ1n) is 8.49. The summed E-state index contributed by atoms with van der Waals surface area (Å²) in [5, 5.41) is 0. The van der Waals surface area contributed by atoms with E-state index >= 15 is 0 Å². The van der Waals surface area contributed by atoms with Gasteiger partial charge in [0.05, 0.1) is 0 Å². The number of hydrogen-bond donors (Lipinski definition) is 0. The van der Waals surface area contributed by atoms with Gasteiger partial charge in [-0.1, -0.05) is 12.1 Å². The highest BCUT2D eigenvalue weighted by Crippen LogP contribution is 2.32. The number of rotatable bonds is 3. The standard InChI is InChI=1S/C19H23FN2O2/c1-13-6-5-9-16(19(13)20)24-12-18(23)22(2)17-11-10-14-7-3-4-8-15(14)21-17/h5-6,9H,3-4,7-8,10-12H2,1-2H3. The van der Waals surface area contributed by atoms with E-state index in [-0.39, 0.29) is 18.3 Å². The molecule has 3 rings (SSSR count). The predicted octanol–water partition coefficient (Wildman–Crippen LogP) is 3.99. The molecule has 1 heterocycles. The Kier molecular flexibility index (Phi) is 4.97. The highest BCUT2D eigenvalue weighted by atomic mass is 19.1. The lowest BCUT2D eigenvalue weighted by atomic mass is 9.91. The van der Waals surface area contributed by atoms with Crippen LogP contribution in [0.3, 0.4) is 0 Å². The zero-order valence-corrected chi connectivity index (χ0v) is 14.3. The molecule has 0 unspecified atom stereocenters. The van der Waals surface area contributed by atoms with Gasteiger partial charge in [0.25, 0.3) is 5.91 Å². The Labute approximate surface area is 142 Å². The molecule has 0 radical (unpaired) electrons. The Morgan fingerprint density at radius 1 is 1.25 bits per heavy atom. The first kappa shape index (κ1) is 16.7. The number of amides is 1. The van der Waals surface area contributed by atoms with Crippen molar-refractivity contribution in [2.75, 3.05) is 13.7 Å². The Morgan fingerprint density at radius 3 is 2.88 bits per heavy atom. The average molecular weight is 330 g/mol. The lowest BCUT2D eigenvalue weighted by molar-refractivity contribution is -0.128. The minimum atomic E-state index is -0.417. The van der Waals surface area contributed by atoms with Crippen LogP contribution in [0.4, 0.5) is 4.39 Å². The van der Waals surface area contributed by atoms with Crippen molar-refractivity contribution in [2.45, 2.75) is 45.4 Å². The molecule has 4 nitrogen and oxygen atoms in total. The van der Waals surface area contributed by atoms with Gasteiger partial charge in [-0.25, -0.2) is 9.38 Å². The lowest BCUT2D eigenvalue weighted by Gasteiger charge is -2.27. The SMILES string of the molecule is Cc1cccc(OCC(=O)N(C)C2=NC3=C(CCCC3)CC2)c1F. The predicted molar refractivity (Wildman–Crippen MR) is 91.6 cm³/mol. The monoisotopic (exact) mass is 330 g/mol. The van der Waals surface area contributed by atoms with Crippen LogP contribution in [-0.4, -0.2) is 30.3 Å². The number of nitrogens with zero attached hydrogens (tertiary/aromatic N) is 2. The largest absolute Gasteiger partial charge is 0.481 e. The Morgan fingerprint density at radius 2 is 2.04 bits per heavy atom. The molecule has 1 aliphatic carbocycles. The van der Waals surface area contributed by atoms with E-state index in [1.807, 2.05) is 0 Å². The average Bonchev–Trinajstić information content (AvgIpc) is 2.61. The number of aryl methyl sites for hydroxylation is 1. The van der Waals surface area contributed by atoms with Gasteiger partial charge in [0.2, 0.25) is 0 Å². The normalized spacial score (nSPS) is 17.2. The molecule has 0 bridgehead atoms. The summed E-state index contributed by atoms with van der Waals surface area (Å²) in [6, 6.07) is 4.92. The Balaban J connectivity index is 1.64. The molecule has 1 aromatic rings. The summed E-state index contributed by atoms with van der Waals surface area (Å²) in [5.74, 6) is 0.267. The minimum absolute atomic E-state index is 0.111. The van der Waals surface area contributed by atoms with Crippen LogP contribution in [0.5, 0.6) is 5.75 Å². The molecule has 0 atom stereocenters. The summed E-state index contributed by atoms with van der Waals surface area (Å²) in [7, 11) is 1.71. The van der Waals surface area contributed by atoms with Gasteiger partial charge in [0.15, 0.2) is 18.2 Å². The molecule has 0 saturated carbocycles. The van der Waals surface area contributed by atoms with Crippen molar-refractivity contribution in [3.8, 4) is 5.75 Å². The quantitative estimate of drug-likeness (QED) is 0.841. The maximum Gasteiger partial charge on any atom is 0.265 e. The molecule has 5 heteroatoms. The summed E-state index contributed by atoms with van der Waals surface area (Å²) in [6.07, 6.45) is 6.32. The van der Waals surface area contributed by atoms with Gasteiger partial charge < -0.3 is 9.64 Å². The van der Waals surface area contributed by atoms with Crippen molar-refractivity contribution in [1.29, 1.82) is 0 Å². The third-order valence-electron chi connectivity index (χ3n) is 4.73. The zero-order chi connectivity index (χ0) is 17.1. The molecule has 0 spiro atoms. The number of halogens is 1. The van der Waals surface area contributed by atoms with Gasteiger partial charge in [-0.05, 0) is 56.2 Å². The number of hydrogen-bond acceptors (Lipinski definition) is 3. The fourth-order valence-corrected chi connectivity index (χ4v) is 3.19. The number of carbonyl (C=O) groups is 1. The molecule has 2 aliphatic rings. The summed E-state index contributed by atoms with van der Waals surface area (Å²) < 4.78 is 19.3. The van der Waals surface area contributed by atoms with Gasteiger partial charge in [-0.15, -0.1) is 0 Å². The zero-order valence-electron chi connectivity index (χ0n) is 14.3. The van der Waals surface area contributed by atoms with Crippen molar-refractivity contribution in [2.24, 2.45) is 4.99 Å². The molecule has 1 amide bonds. The van der Waals surface area contributed by atoms with Gasteiger partial charge in [0, 0.05) is 19.2 Å². The fourth-order valence-electron chi connectivity index (χ4n) is 3.19. The van der Waals surface area contributed by atoms with E-state index in [0.717, 1.165) is 37.2 Å². The Bertz CT molecular complexity index is 709. The number of allylic oxidation sites excluding steroid dienone is 2. The summed E-state index contributed by atoms with van der Waals surface area (Å²) in [4.78, 5) is 18.6. The van der Waals surface area contributed by atoms with Crippen molar-refractivity contribution >= 4 is 11.7 Å². The molecule has 0 aromatic heterocycles. The third kappa shape index (κ3) is 3.50. The van der Waals surface area contributed by atoms with Crippen LogP contribution in [0.1, 0.15) is 44.1 Å². The number of benzene rings is 1. The fraction of sp³-hybridized carbons (Fsp3) is 0.474. The molecule has 0 saturated heterocycles. The lowest BCUT2D eigenvalue weighted by Crippen LogP contribution is -2.37.